The lowest BCUT2D eigenvalue weighted by Gasteiger charge is -2.40. The number of pyridine rings is 1. The molecule has 0 atom stereocenters. The summed E-state index contributed by atoms with van der Waals surface area (Å²) < 4.78 is 5.39. The van der Waals surface area contributed by atoms with Gasteiger partial charge in [0.1, 0.15) is 11.3 Å². The fourth-order valence-electron chi connectivity index (χ4n) is 5.49. The molecule has 1 aliphatic carbocycles. The summed E-state index contributed by atoms with van der Waals surface area (Å²) in [4.78, 5) is 41.4. The number of aromatic nitrogens is 3. The molecule has 1 aliphatic rings. The van der Waals surface area contributed by atoms with Gasteiger partial charge >= 0.3 is 0 Å². The highest BCUT2D eigenvalue weighted by Gasteiger charge is 2.28. The van der Waals surface area contributed by atoms with E-state index in [4.69, 9.17) is 16.3 Å². The number of fused-ring (bicyclic) bond motifs is 1. The predicted octanol–water partition coefficient (Wildman–Crippen LogP) is 4.16. The minimum Gasteiger partial charge on any atom is -0.482 e. The molecular weight excluding hydrogens is 492 g/mol. The number of aryl methyl sites for hydroxylation is 1. The van der Waals surface area contributed by atoms with Gasteiger partial charge in [-0.3, -0.25) is 9.59 Å². The van der Waals surface area contributed by atoms with Crippen LogP contribution < -0.4 is 20.4 Å². The van der Waals surface area contributed by atoms with Crippen LogP contribution in [0.4, 0.5) is 5.69 Å². The number of carbonyl (C=O) groups excluding carboxylic acids is 1. The Kier molecular flexibility index (Phi) is 8.14. The number of methoxy groups -OCH3 is 1. The molecule has 1 aromatic carbocycles. The van der Waals surface area contributed by atoms with Gasteiger partial charge in [0.25, 0.3) is 5.91 Å². The molecule has 37 heavy (non-hydrogen) atoms. The summed E-state index contributed by atoms with van der Waals surface area (Å²) in [6.07, 6.45) is 4.50. The number of nitrogens with one attached hydrogen (secondary N) is 3. The minimum atomic E-state index is -0.295. The summed E-state index contributed by atoms with van der Waals surface area (Å²) >= 11 is 6.53. The highest BCUT2D eigenvalue weighted by Crippen LogP contribution is 2.34. The number of benzene rings is 1. The van der Waals surface area contributed by atoms with Crippen LogP contribution in [0.1, 0.15) is 59.9 Å². The van der Waals surface area contributed by atoms with Crippen molar-refractivity contribution in [3.05, 3.63) is 49.9 Å². The molecule has 0 aliphatic heterocycles. The maximum atomic E-state index is 13.4. The molecule has 9 nitrogen and oxygen atoms in total. The van der Waals surface area contributed by atoms with Gasteiger partial charge in [0.05, 0.1) is 19.2 Å². The first kappa shape index (κ1) is 27.0. The van der Waals surface area contributed by atoms with Crippen LogP contribution in [0.15, 0.2) is 16.9 Å². The van der Waals surface area contributed by atoms with Gasteiger partial charge in [-0.2, -0.15) is 0 Å². The number of aromatic amines is 2. The Morgan fingerprint density at radius 1 is 1.16 bits per heavy atom. The number of anilines is 1. The first-order valence-electron chi connectivity index (χ1n) is 12.8. The molecule has 0 spiro atoms. The molecule has 3 N–H and O–H groups in total. The molecule has 3 aromatic rings. The normalized spacial score (nSPS) is 17.8. The first-order valence-corrected chi connectivity index (χ1v) is 13.2. The van der Waals surface area contributed by atoms with Gasteiger partial charge in [-0.1, -0.05) is 11.6 Å². The molecule has 1 amide bonds. The van der Waals surface area contributed by atoms with E-state index in [2.05, 4.69) is 51.1 Å². The lowest BCUT2D eigenvalue weighted by atomic mass is 9.89. The lowest BCUT2D eigenvalue weighted by Crippen LogP contribution is -2.42. The number of carbonyl (C=O) groups is 1. The molecule has 200 valence electrons. The Balaban J connectivity index is 1.57. The molecule has 1 saturated carbocycles. The first-order chi connectivity index (χ1) is 17.6. The van der Waals surface area contributed by atoms with Gasteiger partial charge in [-0.15, -0.1) is 0 Å². The number of amides is 1. The standard InChI is InChI=1S/C27H37ClN6O3/c1-7-34(19-10-8-18(9-11-19)33(4)5)22-13-17(28)12-20(15(22)2)26(36)29-14-21-24(35)23-25(31-16(3)30-23)32-27(21)37-6/h12-13,18-19H,7-11,14H2,1-6H3,(H,29,36)(H2,30,31,32,35). The SMILES string of the molecule is CCN(c1cc(Cl)cc(C(=O)NCc2c(OC)[nH]c3nc(C)[nH]c3c2=O)c1C)C1CCC(N(C)C)CC1. The van der Waals surface area contributed by atoms with E-state index in [9.17, 15) is 9.59 Å². The van der Waals surface area contributed by atoms with Crippen molar-refractivity contribution in [2.75, 3.05) is 32.6 Å². The van der Waals surface area contributed by atoms with E-state index in [1.807, 2.05) is 13.0 Å². The van der Waals surface area contributed by atoms with Gasteiger partial charge in [-0.05, 0) is 78.2 Å². The predicted molar refractivity (Wildman–Crippen MR) is 148 cm³/mol. The van der Waals surface area contributed by atoms with Crippen molar-refractivity contribution in [3.63, 3.8) is 0 Å². The van der Waals surface area contributed by atoms with Gasteiger partial charge in [0.2, 0.25) is 11.3 Å². The van der Waals surface area contributed by atoms with E-state index in [1.54, 1.807) is 13.0 Å². The highest BCUT2D eigenvalue weighted by atomic mass is 35.5. The molecular formula is C27H37ClN6O3. The molecule has 4 rings (SSSR count). The van der Waals surface area contributed by atoms with Crippen LogP contribution in [0, 0.1) is 13.8 Å². The number of rotatable bonds is 8. The second-order valence-electron chi connectivity index (χ2n) is 10.0. The van der Waals surface area contributed by atoms with Crippen molar-refractivity contribution in [3.8, 4) is 5.88 Å². The number of halogens is 1. The summed E-state index contributed by atoms with van der Waals surface area (Å²) in [6, 6.07) is 4.66. The second kappa shape index (κ2) is 11.1. The summed E-state index contributed by atoms with van der Waals surface area (Å²) in [7, 11) is 5.76. The van der Waals surface area contributed by atoms with Crippen LogP contribution in [0.5, 0.6) is 5.88 Å². The van der Waals surface area contributed by atoms with Gasteiger partial charge in [0, 0.05) is 34.9 Å². The van der Waals surface area contributed by atoms with Crippen LogP contribution in [-0.4, -0.2) is 65.6 Å². The third-order valence-electron chi connectivity index (χ3n) is 7.54. The zero-order valence-corrected chi connectivity index (χ0v) is 23.3. The maximum Gasteiger partial charge on any atom is 0.251 e. The van der Waals surface area contributed by atoms with E-state index in [1.165, 1.54) is 7.11 Å². The minimum absolute atomic E-state index is 0.00131. The molecule has 10 heteroatoms. The topological polar surface area (TPSA) is 106 Å². The van der Waals surface area contributed by atoms with E-state index in [-0.39, 0.29) is 23.8 Å². The Bertz CT molecular complexity index is 1340. The molecule has 0 bridgehead atoms. The van der Waals surface area contributed by atoms with Crippen LogP contribution in [0.2, 0.25) is 5.02 Å². The zero-order chi connectivity index (χ0) is 26.9. The third kappa shape index (κ3) is 5.48. The van der Waals surface area contributed by atoms with Crippen LogP contribution in [-0.2, 0) is 6.54 Å². The van der Waals surface area contributed by atoms with Crippen molar-refractivity contribution in [1.82, 2.24) is 25.2 Å². The lowest BCUT2D eigenvalue weighted by molar-refractivity contribution is 0.0950. The maximum absolute atomic E-state index is 13.4. The van der Waals surface area contributed by atoms with Gasteiger partial charge in [-0.25, -0.2) is 4.98 Å². The van der Waals surface area contributed by atoms with E-state index in [0.717, 1.165) is 43.5 Å². The zero-order valence-electron chi connectivity index (χ0n) is 22.5. The van der Waals surface area contributed by atoms with Crippen molar-refractivity contribution in [2.24, 2.45) is 0 Å². The Labute approximate surface area is 222 Å². The summed E-state index contributed by atoms with van der Waals surface area (Å²) in [6.45, 7) is 6.70. The van der Waals surface area contributed by atoms with Crippen LogP contribution in [0.3, 0.4) is 0 Å². The molecule has 2 aromatic heterocycles. The molecule has 0 saturated heterocycles. The highest BCUT2D eigenvalue weighted by molar-refractivity contribution is 6.31. The molecule has 1 fully saturated rings. The number of nitrogens with zero attached hydrogens (tertiary/aromatic N) is 3. The molecule has 0 radical (unpaired) electrons. The number of H-pyrrole nitrogens is 2. The number of imidazole rings is 1. The fourth-order valence-corrected chi connectivity index (χ4v) is 5.70. The monoisotopic (exact) mass is 528 g/mol. The van der Waals surface area contributed by atoms with Crippen LogP contribution in [0.25, 0.3) is 11.2 Å². The van der Waals surface area contributed by atoms with E-state index in [0.29, 0.717) is 45.2 Å². The number of ether oxygens (including phenoxy) is 1. The third-order valence-corrected chi connectivity index (χ3v) is 7.75. The average molecular weight is 529 g/mol. The summed E-state index contributed by atoms with van der Waals surface area (Å²) in [5.41, 5.74) is 3.18. The van der Waals surface area contributed by atoms with Crippen molar-refractivity contribution >= 4 is 34.4 Å². The Morgan fingerprint density at radius 3 is 2.46 bits per heavy atom. The van der Waals surface area contributed by atoms with Crippen molar-refractivity contribution in [1.29, 1.82) is 0 Å². The smallest absolute Gasteiger partial charge is 0.251 e. The van der Waals surface area contributed by atoms with Crippen molar-refractivity contribution in [2.45, 2.75) is 65.1 Å². The van der Waals surface area contributed by atoms with E-state index < -0.39 is 0 Å². The Hall–Kier alpha value is -3.04. The average Bonchev–Trinajstić information content (AvgIpc) is 3.26. The summed E-state index contributed by atoms with van der Waals surface area (Å²) in [5, 5.41) is 3.41. The largest absolute Gasteiger partial charge is 0.482 e. The van der Waals surface area contributed by atoms with Crippen LogP contribution >= 0.6 is 11.6 Å². The second-order valence-corrected chi connectivity index (χ2v) is 10.4. The molecule has 0 unspecified atom stereocenters. The number of hydrogen-bond donors (Lipinski definition) is 3. The van der Waals surface area contributed by atoms with Crippen molar-refractivity contribution < 1.29 is 9.53 Å². The Morgan fingerprint density at radius 2 is 1.84 bits per heavy atom. The number of hydrogen-bond acceptors (Lipinski definition) is 6. The fraction of sp³-hybridized carbons (Fsp3) is 0.519. The van der Waals surface area contributed by atoms with Gasteiger partial charge in [0.15, 0.2) is 5.65 Å². The van der Waals surface area contributed by atoms with E-state index >= 15 is 0 Å². The quantitative estimate of drug-likeness (QED) is 0.405. The van der Waals surface area contributed by atoms with Gasteiger partial charge < -0.3 is 29.8 Å². The molecule has 2 heterocycles. The summed E-state index contributed by atoms with van der Waals surface area (Å²) in [5.74, 6) is 0.596.